The van der Waals surface area contributed by atoms with Gasteiger partial charge in [-0.15, -0.1) is 0 Å². The average Bonchev–Trinajstić information content (AvgIpc) is 3.20. The smallest absolute Gasteiger partial charge is 0.137 e. The third-order valence-corrected chi connectivity index (χ3v) is 13.7. The van der Waals surface area contributed by atoms with Crippen molar-refractivity contribution in [2.75, 3.05) is 6.54 Å². The molecule has 8 saturated heterocycles. The van der Waals surface area contributed by atoms with Gasteiger partial charge < -0.3 is 66.6 Å². The number of hydrogen-bond donors (Lipinski definition) is 5. The molecule has 0 saturated carbocycles. The van der Waals surface area contributed by atoms with E-state index in [4.69, 9.17) is 66.6 Å². The predicted molar refractivity (Wildman–Crippen MR) is 175 cm³/mol. The van der Waals surface area contributed by atoms with Crippen molar-refractivity contribution in [2.24, 2.45) is 28.7 Å². The molecule has 13 nitrogen and oxygen atoms in total. The lowest BCUT2D eigenvalue weighted by Crippen LogP contribution is -2.73. The summed E-state index contributed by atoms with van der Waals surface area (Å²) in [7, 11) is 0. The van der Waals surface area contributed by atoms with Gasteiger partial charge in [0.2, 0.25) is 0 Å². The molecular weight excluding hydrogens is 618 g/mol. The van der Waals surface area contributed by atoms with Gasteiger partial charge in [-0.05, 0) is 79.2 Å². The number of nitrogens with two attached hydrogens (primary N) is 5. The van der Waals surface area contributed by atoms with E-state index < -0.39 is 34.3 Å². The zero-order valence-electron chi connectivity index (χ0n) is 29.4. The molecule has 0 aromatic heterocycles. The highest BCUT2D eigenvalue weighted by Crippen LogP contribution is 2.54. The molecule has 0 amide bonds. The molecule has 17 unspecified atom stereocenters. The maximum Gasteiger partial charge on any atom is 0.137 e. The van der Waals surface area contributed by atoms with Gasteiger partial charge in [-0.3, -0.25) is 0 Å². The molecule has 10 N–H and O–H groups in total. The van der Waals surface area contributed by atoms with E-state index in [1.165, 1.54) is 0 Å². The topological polar surface area (TPSA) is 204 Å². The molecule has 8 rings (SSSR count). The van der Waals surface area contributed by atoms with Gasteiger partial charge in [0, 0.05) is 38.1 Å². The van der Waals surface area contributed by atoms with Crippen LogP contribution in [0.1, 0.15) is 105 Å². The number of fused-ring (bicyclic) bond motifs is 7. The summed E-state index contributed by atoms with van der Waals surface area (Å²) in [6.45, 7) is 9.28. The van der Waals surface area contributed by atoms with Crippen LogP contribution in [0, 0.1) is 0 Å². The summed E-state index contributed by atoms with van der Waals surface area (Å²) in [5.74, 6) is 0. The molecular formula is C35H61N5O8. The van der Waals surface area contributed by atoms with Crippen LogP contribution in [-0.2, 0) is 37.9 Å². The van der Waals surface area contributed by atoms with E-state index in [0.717, 1.165) is 51.4 Å². The van der Waals surface area contributed by atoms with Crippen molar-refractivity contribution in [3.05, 3.63) is 0 Å². The molecule has 8 heterocycles. The minimum Gasteiger partial charge on any atom is -0.372 e. The maximum atomic E-state index is 7.13. The Hall–Kier alpha value is -0.520. The molecule has 8 aliphatic heterocycles. The van der Waals surface area contributed by atoms with Crippen LogP contribution in [0.5, 0.6) is 0 Å². The fourth-order valence-electron chi connectivity index (χ4n) is 10.8. The van der Waals surface area contributed by atoms with E-state index in [-0.39, 0.29) is 73.2 Å². The van der Waals surface area contributed by atoms with Crippen LogP contribution in [0.15, 0.2) is 0 Å². The van der Waals surface area contributed by atoms with Crippen LogP contribution >= 0.6 is 0 Å². The Balaban J connectivity index is 0.965. The Labute approximate surface area is 285 Å². The van der Waals surface area contributed by atoms with E-state index in [1.54, 1.807) is 0 Å². The Morgan fingerprint density at radius 1 is 0.625 bits per heavy atom. The fraction of sp³-hybridized carbons (Fsp3) is 1.00. The second kappa shape index (κ2) is 12.0. The van der Waals surface area contributed by atoms with Crippen molar-refractivity contribution in [3.8, 4) is 0 Å². The van der Waals surface area contributed by atoms with Crippen molar-refractivity contribution in [3.63, 3.8) is 0 Å². The number of hydrogen-bond acceptors (Lipinski definition) is 13. The van der Waals surface area contributed by atoms with E-state index >= 15 is 0 Å². The Morgan fingerprint density at radius 3 is 2.15 bits per heavy atom. The van der Waals surface area contributed by atoms with Crippen LogP contribution in [-0.4, -0.2) is 114 Å². The molecule has 0 spiro atoms. The lowest BCUT2D eigenvalue weighted by Gasteiger charge is -2.61. The Morgan fingerprint density at radius 2 is 1.35 bits per heavy atom. The van der Waals surface area contributed by atoms with Gasteiger partial charge in [0.1, 0.15) is 17.5 Å². The highest BCUT2D eigenvalue weighted by Gasteiger charge is 2.64. The lowest BCUT2D eigenvalue weighted by atomic mass is 9.72. The third kappa shape index (κ3) is 5.71. The van der Waals surface area contributed by atoms with Gasteiger partial charge in [-0.2, -0.15) is 0 Å². The minimum absolute atomic E-state index is 0.0538. The van der Waals surface area contributed by atoms with Crippen molar-refractivity contribution in [1.82, 2.24) is 0 Å². The molecule has 0 bridgehead atoms. The van der Waals surface area contributed by atoms with Crippen LogP contribution < -0.4 is 28.7 Å². The molecule has 0 aliphatic carbocycles. The SMILES string of the molecule is CC12CC3(C)OC4CCC(N)(N)C(N)OC4CC3OC1CCC1OC3CC4(C)OC5(C)C(N)CC(CCCN)OC5CC4OC3CC1O2. The Bertz CT molecular complexity index is 1220. The first-order valence-electron chi connectivity index (χ1n) is 18.8. The molecule has 13 heteroatoms. The lowest BCUT2D eigenvalue weighted by molar-refractivity contribution is -0.359. The van der Waals surface area contributed by atoms with Crippen molar-refractivity contribution < 1.29 is 37.9 Å². The van der Waals surface area contributed by atoms with Crippen molar-refractivity contribution in [1.29, 1.82) is 0 Å². The molecule has 0 radical (unpaired) electrons. The zero-order valence-corrected chi connectivity index (χ0v) is 29.4. The molecule has 8 fully saturated rings. The molecule has 48 heavy (non-hydrogen) atoms. The first-order valence-corrected chi connectivity index (χ1v) is 18.8. The average molecular weight is 680 g/mol. The molecule has 17 atom stereocenters. The summed E-state index contributed by atoms with van der Waals surface area (Å²) in [5, 5.41) is 0. The van der Waals surface area contributed by atoms with Crippen molar-refractivity contribution >= 4 is 0 Å². The predicted octanol–water partition coefficient (Wildman–Crippen LogP) is 1.18. The van der Waals surface area contributed by atoms with E-state index in [2.05, 4.69) is 27.7 Å². The van der Waals surface area contributed by atoms with Crippen LogP contribution in [0.25, 0.3) is 0 Å². The van der Waals surface area contributed by atoms with Gasteiger partial charge in [0.15, 0.2) is 0 Å². The van der Waals surface area contributed by atoms with Crippen LogP contribution in [0.4, 0.5) is 0 Å². The van der Waals surface area contributed by atoms with E-state index in [0.29, 0.717) is 32.2 Å². The van der Waals surface area contributed by atoms with Gasteiger partial charge in [-0.1, -0.05) is 0 Å². The third-order valence-electron chi connectivity index (χ3n) is 13.7. The fourth-order valence-corrected chi connectivity index (χ4v) is 10.8. The number of rotatable bonds is 3. The second-order valence-corrected chi connectivity index (χ2v) is 17.5. The van der Waals surface area contributed by atoms with Gasteiger partial charge in [0.25, 0.3) is 0 Å². The first-order chi connectivity index (χ1) is 22.6. The largest absolute Gasteiger partial charge is 0.372 e. The molecule has 0 aromatic rings. The van der Waals surface area contributed by atoms with Gasteiger partial charge in [0.05, 0.1) is 83.9 Å². The second-order valence-electron chi connectivity index (χ2n) is 17.5. The van der Waals surface area contributed by atoms with Crippen LogP contribution in [0.2, 0.25) is 0 Å². The zero-order chi connectivity index (χ0) is 33.9. The number of ether oxygens (including phenoxy) is 8. The maximum absolute atomic E-state index is 7.13. The van der Waals surface area contributed by atoms with E-state index in [9.17, 15) is 0 Å². The Kier molecular flexibility index (Phi) is 8.65. The molecule has 274 valence electrons. The summed E-state index contributed by atoms with van der Waals surface area (Å²) in [6.07, 6.45) is 7.24. The van der Waals surface area contributed by atoms with Gasteiger partial charge >= 0.3 is 0 Å². The molecule has 8 aliphatic rings. The summed E-state index contributed by atoms with van der Waals surface area (Å²) in [5.41, 5.74) is 28.1. The summed E-state index contributed by atoms with van der Waals surface area (Å²) in [6, 6.07) is -0.119. The summed E-state index contributed by atoms with van der Waals surface area (Å²) < 4.78 is 54.5. The minimum atomic E-state index is -1.09. The monoisotopic (exact) mass is 679 g/mol. The van der Waals surface area contributed by atoms with Crippen LogP contribution in [0.3, 0.4) is 0 Å². The summed E-state index contributed by atoms with van der Waals surface area (Å²) in [4.78, 5) is 0. The normalized spacial score (nSPS) is 57.6. The highest BCUT2D eigenvalue weighted by atomic mass is 16.6. The summed E-state index contributed by atoms with van der Waals surface area (Å²) >= 11 is 0. The van der Waals surface area contributed by atoms with Gasteiger partial charge in [-0.25, -0.2) is 0 Å². The first kappa shape index (κ1) is 34.6. The molecule has 0 aromatic carbocycles. The van der Waals surface area contributed by atoms with E-state index in [1.807, 2.05) is 0 Å². The van der Waals surface area contributed by atoms with Crippen molar-refractivity contribution in [2.45, 2.75) is 212 Å². The highest BCUT2D eigenvalue weighted by molar-refractivity contribution is 5.13. The standard InChI is InChI=1S/C35H61N5O8/c1-31-16-24-21(43-28(31)15-29-34(4,48-31)25(37)12-18(41-29)6-5-11-36)13-23-19(42-24)7-8-26-32(2,47-23)17-33(3)27(45-26)14-22-20(46-33)9-10-35(39,40)30(38)44-22/h18-30H,5-17,36-40H2,1-4H3. The quantitative estimate of drug-likeness (QED) is 0.266.